The molecule has 6 nitrogen and oxygen atoms in total. The first-order valence-corrected chi connectivity index (χ1v) is 38.8. The molecule has 0 saturated carbocycles. The number of aliphatic hydroxyl groups excluding tert-OH is 2. The summed E-state index contributed by atoms with van der Waals surface area (Å²) in [5.74, 6) is -0.0471. The summed E-state index contributed by atoms with van der Waals surface area (Å²) in [4.78, 5) is 24.6. The van der Waals surface area contributed by atoms with Gasteiger partial charge in [0.2, 0.25) is 5.91 Å². The highest BCUT2D eigenvalue weighted by molar-refractivity contribution is 5.76. The van der Waals surface area contributed by atoms with Crippen molar-refractivity contribution in [2.75, 3.05) is 13.2 Å². The number of unbranched alkanes of at least 4 members (excludes halogenated alkanes) is 58. The maximum absolute atomic E-state index is 12.5. The van der Waals surface area contributed by atoms with Crippen LogP contribution in [0.4, 0.5) is 0 Å². The Morgan fingerprint density at radius 3 is 0.835 bits per heavy atom. The van der Waals surface area contributed by atoms with E-state index in [1.807, 2.05) is 6.08 Å². The van der Waals surface area contributed by atoms with Gasteiger partial charge in [-0.3, -0.25) is 9.59 Å². The predicted octanol–water partition coefficient (Wildman–Crippen LogP) is 25.4. The summed E-state index contributed by atoms with van der Waals surface area (Å²) < 4.78 is 5.51. The molecule has 1 amide bonds. The number of aliphatic hydroxyl groups is 2. The summed E-state index contributed by atoms with van der Waals surface area (Å²) in [5, 5.41) is 23.3. The second-order valence-electron chi connectivity index (χ2n) is 26.7. The molecule has 0 rings (SSSR count). The molecular formula is C79H151NO5. The Morgan fingerprint density at radius 1 is 0.318 bits per heavy atom. The topological polar surface area (TPSA) is 95.9 Å². The first-order chi connectivity index (χ1) is 42.0. The fraction of sp³-hybridized carbons (Fsp3) is 0.899. The normalized spacial score (nSPS) is 12.7. The van der Waals surface area contributed by atoms with Crippen LogP contribution < -0.4 is 5.32 Å². The van der Waals surface area contributed by atoms with Crippen molar-refractivity contribution in [3.8, 4) is 0 Å². The summed E-state index contributed by atoms with van der Waals surface area (Å²) in [6.07, 6.45) is 96.8. The summed E-state index contributed by atoms with van der Waals surface area (Å²) in [7, 11) is 0. The molecule has 0 bridgehead atoms. The van der Waals surface area contributed by atoms with Crippen molar-refractivity contribution in [3.63, 3.8) is 0 Å². The molecule has 0 saturated heterocycles. The SMILES string of the molecule is CCCCCCCC/C=C\CCCCCCCCCC(=O)OCCCCCCCCCCCCCC/C=C\CCCCCCCCCCCCCCCCCC(=O)NC(CO)C(O)/C=C/CCCCCCCCCCCCCCCCCCCC. The number of carbonyl (C=O) groups excluding carboxylic acids is 2. The largest absolute Gasteiger partial charge is 0.466 e. The van der Waals surface area contributed by atoms with E-state index < -0.39 is 12.1 Å². The molecule has 0 spiro atoms. The third-order valence-electron chi connectivity index (χ3n) is 18.1. The molecule has 0 aromatic heterocycles. The van der Waals surface area contributed by atoms with Gasteiger partial charge < -0.3 is 20.3 Å². The summed E-state index contributed by atoms with van der Waals surface area (Å²) in [6, 6.07) is -0.627. The van der Waals surface area contributed by atoms with Crippen molar-refractivity contribution in [2.45, 2.75) is 443 Å². The monoisotopic (exact) mass is 1190 g/mol. The van der Waals surface area contributed by atoms with Crippen LogP contribution in [0.25, 0.3) is 0 Å². The molecule has 3 N–H and O–H groups in total. The van der Waals surface area contributed by atoms with Gasteiger partial charge >= 0.3 is 5.97 Å². The van der Waals surface area contributed by atoms with Crippen molar-refractivity contribution in [3.05, 3.63) is 36.5 Å². The highest BCUT2D eigenvalue weighted by Crippen LogP contribution is 2.19. The zero-order valence-corrected chi connectivity index (χ0v) is 57.6. The molecule has 0 aliphatic carbocycles. The number of esters is 1. The highest BCUT2D eigenvalue weighted by Gasteiger charge is 2.18. The van der Waals surface area contributed by atoms with Crippen molar-refractivity contribution in [1.29, 1.82) is 0 Å². The predicted molar refractivity (Wildman–Crippen MR) is 375 cm³/mol. The van der Waals surface area contributed by atoms with Gasteiger partial charge in [0.05, 0.1) is 25.4 Å². The Kier molecular flexibility index (Phi) is 72.9. The summed E-state index contributed by atoms with van der Waals surface area (Å²) >= 11 is 0. The first-order valence-electron chi connectivity index (χ1n) is 38.8. The maximum atomic E-state index is 12.5. The number of nitrogens with one attached hydrogen (secondary N) is 1. The first kappa shape index (κ1) is 83.1. The fourth-order valence-corrected chi connectivity index (χ4v) is 12.2. The molecule has 0 radical (unpaired) electrons. The average Bonchev–Trinajstić information content (AvgIpc) is 3.51. The molecule has 0 aromatic carbocycles. The van der Waals surface area contributed by atoms with Crippen LogP contribution >= 0.6 is 0 Å². The molecule has 2 unspecified atom stereocenters. The van der Waals surface area contributed by atoms with Gasteiger partial charge in [0.15, 0.2) is 0 Å². The van der Waals surface area contributed by atoms with Crippen LogP contribution in [-0.4, -0.2) is 47.4 Å². The highest BCUT2D eigenvalue weighted by atomic mass is 16.5. The van der Waals surface area contributed by atoms with Crippen molar-refractivity contribution >= 4 is 11.9 Å². The number of allylic oxidation sites excluding steroid dienone is 5. The van der Waals surface area contributed by atoms with Crippen LogP contribution in [0.3, 0.4) is 0 Å². The minimum atomic E-state index is -0.844. The lowest BCUT2D eigenvalue weighted by Crippen LogP contribution is -2.45. The zero-order chi connectivity index (χ0) is 61.3. The van der Waals surface area contributed by atoms with E-state index in [2.05, 4.69) is 43.5 Å². The van der Waals surface area contributed by atoms with E-state index >= 15 is 0 Å². The van der Waals surface area contributed by atoms with Crippen LogP contribution in [0.2, 0.25) is 0 Å². The molecule has 0 aliphatic heterocycles. The summed E-state index contributed by atoms with van der Waals surface area (Å²) in [5.41, 5.74) is 0. The summed E-state index contributed by atoms with van der Waals surface area (Å²) in [6.45, 7) is 4.94. The Balaban J connectivity index is 3.38. The van der Waals surface area contributed by atoms with E-state index in [-0.39, 0.29) is 18.5 Å². The van der Waals surface area contributed by atoms with Crippen molar-refractivity contribution in [1.82, 2.24) is 5.32 Å². The second kappa shape index (κ2) is 74.5. The smallest absolute Gasteiger partial charge is 0.305 e. The van der Waals surface area contributed by atoms with Crippen LogP contribution in [0.15, 0.2) is 36.5 Å². The molecule has 6 heteroatoms. The van der Waals surface area contributed by atoms with E-state index in [0.29, 0.717) is 19.4 Å². The number of hydrogen-bond donors (Lipinski definition) is 3. The number of ether oxygens (including phenoxy) is 1. The lowest BCUT2D eigenvalue weighted by molar-refractivity contribution is -0.143. The van der Waals surface area contributed by atoms with Crippen molar-refractivity contribution in [2.24, 2.45) is 0 Å². The molecule has 0 aliphatic rings. The average molecular weight is 1200 g/mol. The number of hydrogen-bond acceptors (Lipinski definition) is 5. The third-order valence-corrected chi connectivity index (χ3v) is 18.1. The molecule has 2 atom stereocenters. The van der Waals surface area contributed by atoms with E-state index in [4.69, 9.17) is 4.74 Å². The van der Waals surface area contributed by atoms with Crippen LogP contribution in [-0.2, 0) is 14.3 Å². The minimum absolute atomic E-state index is 0.0148. The molecule has 502 valence electrons. The molecular weight excluding hydrogens is 1040 g/mol. The quantitative estimate of drug-likeness (QED) is 0.0320. The number of rotatable bonds is 73. The number of carbonyl (C=O) groups is 2. The van der Waals surface area contributed by atoms with Gasteiger partial charge in [0, 0.05) is 12.8 Å². The molecule has 0 aromatic rings. The maximum Gasteiger partial charge on any atom is 0.305 e. The second-order valence-corrected chi connectivity index (χ2v) is 26.7. The van der Waals surface area contributed by atoms with Gasteiger partial charge in [-0.1, -0.05) is 371 Å². The van der Waals surface area contributed by atoms with Gasteiger partial charge in [-0.15, -0.1) is 0 Å². The van der Waals surface area contributed by atoms with E-state index in [1.165, 1.54) is 360 Å². The van der Waals surface area contributed by atoms with Crippen LogP contribution in [0.1, 0.15) is 431 Å². The van der Waals surface area contributed by atoms with Gasteiger partial charge in [-0.05, 0) is 83.5 Å². The standard InChI is InChI=1S/C79H151NO5/c1-3-5-7-9-11-13-15-17-19-21-22-36-40-43-47-51-55-59-63-67-71-77(82)76(75-81)80-78(83)72-68-64-60-56-52-48-44-41-37-34-32-30-28-26-24-23-25-27-29-31-33-35-38-42-46-50-54-58-62-66-70-74-85-79(84)73-69-65-61-57-53-49-45-39-20-18-16-14-12-10-8-6-4-2/h18,20,25,27,67,71,76-77,81-82H,3-17,19,21-24,26,28-66,68-70,72-75H2,1-2H3,(H,80,83)/b20-18-,27-25-,71-67+. The van der Waals surface area contributed by atoms with Gasteiger partial charge in [0.25, 0.3) is 0 Å². The van der Waals surface area contributed by atoms with Gasteiger partial charge in [0.1, 0.15) is 0 Å². The van der Waals surface area contributed by atoms with Crippen LogP contribution in [0.5, 0.6) is 0 Å². The molecule has 0 heterocycles. The van der Waals surface area contributed by atoms with Crippen molar-refractivity contribution < 1.29 is 24.5 Å². The van der Waals surface area contributed by atoms with Crippen LogP contribution in [0, 0.1) is 0 Å². The van der Waals surface area contributed by atoms with E-state index in [9.17, 15) is 19.8 Å². The number of amides is 1. The molecule has 85 heavy (non-hydrogen) atoms. The fourth-order valence-electron chi connectivity index (χ4n) is 12.2. The Morgan fingerprint density at radius 2 is 0.553 bits per heavy atom. The molecule has 0 fully saturated rings. The van der Waals surface area contributed by atoms with E-state index in [0.717, 1.165) is 44.9 Å². The lowest BCUT2D eigenvalue weighted by Gasteiger charge is -2.20. The van der Waals surface area contributed by atoms with E-state index in [1.54, 1.807) is 6.08 Å². The Bertz CT molecular complexity index is 1380. The Labute approximate surface area is 532 Å². The minimum Gasteiger partial charge on any atom is -0.466 e. The lowest BCUT2D eigenvalue weighted by atomic mass is 10.0. The Hall–Kier alpha value is -1.92. The van der Waals surface area contributed by atoms with Gasteiger partial charge in [-0.2, -0.15) is 0 Å². The zero-order valence-electron chi connectivity index (χ0n) is 57.6. The van der Waals surface area contributed by atoms with Gasteiger partial charge in [-0.25, -0.2) is 0 Å². The third kappa shape index (κ3) is 71.0.